The van der Waals surface area contributed by atoms with Crippen molar-refractivity contribution in [3.63, 3.8) is 0 Å². The van der Waals surface area contributed by atoms with Gasteiger partial charge in [0.1, 0.15) is 17.8 Å². The lowest BCUT2D eigenvalue weighted by Crippen LogP contribution is -2.56. The van der Waals surface area contributed by atoms with Crippen LogP contribution in [-0.2, 0) is 16.0 Å². The number of hydrogen-bond acceptors (Lipinski definition) is 7. The second kappa shape index (κ2) is 9.89. The Morgan fingerprint density at radius 3 is 2.70 bits per heavy atom. The summed E-state index contributed by atoms with van der Waals surface area (Å²) < 4.78 is 20.4. The van der Waals surface area contributed by atoms with Crippen molar-refractivity contribution in [2.24, 2.45) is 5.41 Å². The first-order valence-corrected chi connectivity index (χ1v) is 13.4. The molecule has 2 saturated heterocycles. The number of aromatic nitrogens is 2. The molecule has 4 heterocycles. The summed E-state index contributed by atoms with van der Waals surface area (Å²) in [6.45, 7) is 3.90. The van der Waals surface area contributed by atoms with Gasteiger partial charge in [-0.05, 0) is 57.3 Å². The highest BCUT2D eigenvalue weighted by molar-refractivity contribution is 6.14. The van der Waals surface area contributed by atoms with Crippen LogP contribution in [0.4, 0.5) is 21.8 Å². The van der Waals surface area contributed by atoms with Gasteiger partial charge in [0.15, 0.2) is 11.6 Å². The lowest BCUT2D eigenvalue weighted by atomic mass is 9.76. The van der Waals surface area contributed by atoms with Crippen molar-refractivity contribution in [3.05, 3.63) is 35.8 Å². The number of fused-ring (bicyclic) bond motifs is 1. The van der Waals surface area contributed by atoms with E-state index in [1.807, 2.05) is 0 Å². The van der Waals surface area contributed by atoms with Crippen LogP contribution >= 0.6 is 0 Å². The molecule has 37 heavy (non-hydrogen) atoms. The van der Waals surface area contributed by atoms with Crippen LogP contribution in [0.5, 0.6) is 5.75 Å². The minimum absolute atomic E-state index is 0.0222. The maximum atomic E-state index is 14.7. The molecule has 1 aliphatic carbocycles. The molecule has 3 fully saturated rings. The molecule has 1 saturated carbocycles. The van der Waals surface area contributed by atoms with E-state index in [1.54, 1.807) is 23.2 Å². The van der Waals surface area contributed by atoms with Crippen LogP contribution in [0, 0.1) is 11.2 Å². The molecule has 0 bridgehead atoms. The Morgan fingerprint density at radius 2 is 1.97 bits per heavy atom. The number of ether oxygens (including phenoxy) is 1. The summed E-state index contributed by atoms with van der Waals surface area (Å²) in [5, 5.41) is 5.92. The lowest BCUT2D eigenvalue weighted by molar-refractivity contribution is -0.140. The molecule has 2 amide bonds. The summed E-state index contributed by atoms with van der Waals surface area (Å²) >= 11 is 0. The number of benzene rings is 1. The summed E-state index contributed by atoms with van der Waals surface area (Å²) in [5.41, 5.74) is 0.217. The Balaban J connectivity index is 1.20. The third-order valence-electron chi connectivity index (χ3n) is 8.20. The van der Waals surface area contributed by atoms with E-state index >= 15 is 0 Å². The molecular formula is C27H33FN6O3. The number of anilines is 3. The molecule has 6 rings (SSSR count). The molecule has 0 unspecified atom stereocenters. The van der Waals surface area contributed by atoms with E-state index in [0.717, 1.165) is 50.9 Å². The number of halogens is 1. The fraction of sp³-hybridized carbons (Fsp3) is 0.556. The van der Waals surface area contributed by atoms with Crippen LogP contribution in [0.2, 0.25) is 0 Å². The van der Waals surface area contributed by atoms with Gasteiger partial charge in [0, 0.05) is 49.1 Å². The van der Waals surface area contributed by atoms with E-state index in [4.69, 9.17) is 9.72 Å². The minimum atomic E-state index is -1.07. The van der Waals surface area contributed by atoms with Crippen molar-refractivity contribution < 1.29 is 18.7 Å². The third kappa shape index (κ3) is 4.52. The zero-order valence-corrected chi connectivity index (χ0v) is 21.0. The molecule has 2 N–H and O–H groups in total. The highest BCUT2D eigenvalue weighted by Gasteiger charge is 2.56. The number of carbonyl (C=O) groups excluding carboxylic acids is 2. The molecule has 2 aromatic rings. The smallest absolute Gasteiger partial charge is 0.244 e. The van der Waals surface area contributed by atoms with Crippen LogP contribution in [0.3, 0.4) is 0 Å². The molecular weight excluding hydrogens is 475 g/mol. The molecule has 3 aliphatic heterocycles. The molecule has 1 aromatic carbocycles. The van der Waals surface area contributed by atoms with Crippen LogP contribution in [-0.4, -0.2) is 65.5 Å². The fourth-order valence-corrected chi connectivity index (χ4v) is 6.18. The summed E-state index contributed by atoms with van der Waals surface area (Å²) in [5.74, 6) is 0.237. The Bertz CT molecular complexity index is 1200. The summed E-state index contributed by atoms with van der Waals surface area (Å²) in [6, 6.07) is 4.73. The molecule has 1 spiro atoms. The fourth-order valence-electron chi connectivity index (χ4n) is 6.18. The number of likely N-dealkylation sites (tertiary alicyclic amines) is 1. The zero-order valence-electron chi connectivity index (χ0n) is 21.0. The van der Waals surface area contributed by atoms with Gasteiger partial charge in [-0.3, -0.25) is 19.4 Å². The van der Waals surface area contributed by atoms with E-state index in [-0.39, 0.29) is 29.6 Å². The number of rotatable bonds is 7. The number of nitrogens with one attached hydrogen (secondary N) is 2. The average Bonchev–Trinajstić information content (AvgIpc) is 3.66. The predicted octanol–water partition coefficient (Wildman–Crippen LogP) is 3.17. The van der Waals surface area contributed by atoms with Crippen molar-refractivity contribution >= 4 is 29.3 Å². The van der Waals surface area contributed by atoms with E-state index in [0.29, 0.717) is 37.5 Å². The summed E-state index contributed by atoms with van der Waals surface area (Å²) in [4.78, 5) is 39.7. The van der Waals surface area contributed by atoms with Crippen LogP contribution in [0.15, 0.2) is 24.4 Å². The summed E-state index contributed by atoms with van der Waals surface area (Å²) in [6.07, 6.45) is 8.77. The summed E-state index contributed by atoms with van der Waals surface area (Å²) in [7, 11) is 0. The van der Waals surface area contributed by atoms with Gasteiger partial charge in [-0.15, -0.1) is 0 Å². The van der Waals surface area contributed by atoms with E-state index in [9.17, 15) is 14.0 Å². The Hall–Kier alpha value is -3.27. The normalized spacial score (nSPS) is 24.1. The number of nitrogens with zero attached hydrogens (tertiary/aromatic N) is 4. The standard InChI is InChI=1S/C27H33FN6O3/c28-21-15-19(7-8-22(21)37-14-13-33-11-3-4-12-33)31-26-30-17-18-16-27(9-10-29-24(27)35)25(36)34(23(18)32-26)20-5-1-2-6-20/h7-8,15,17,20H,1-6,9-14,16H2,(H,29,35)(H,30,31,32)/t27-/m1/s1. The molecule has 196 valence electrons. The highest BCUT2D eigenvalue weighted by Crippen LogP contribution is 2.44. The van der Waals surface area contributed by atoms with Gasteiger partial charge in [0.25, 0.3) is 0 Å². The lowest BCUT2D eigenvalue weighted by Gasteiger charge is -2.40. The van der Waals surface area contributed by atoms with Crippen molar-refractivity contribution in [3.8, 4) is 5.75 Å². The number of carbonyl (C=O) groups is 2. The Labute approximate surface area is 215 Å². The average molecular weight is 509 g/mol. The van der Waals surface area contributed by atoms with Gasteiger partial charge < -0.3 is 15.4 Å². The van der Waals surface area contributed by atoms with Gasteiger partial charge in [0.2, 0.25) is 17.8 Å². The van der Waals surface area contributed by atoms with Gasteiger partial charge in [-0.2, -0.15) is 4.98 Å². The van der Waals surface area contributed by atoms with E-state index in [2.05, 4.69) is 20.5 Å². The van der Waals surface area contributed by atoms with E-state index < -0.39 is 11.2 Å². The maximum Gasteiger partial charge on any atom is 0.244 e. The van der Waals surface area contributed by atoms with Gasteiger partial charge in [-0.25, -0.2) is 9.37 Å². The molecule has 4 aliphatic rings. The first-order valence-electron chi connectivity index (χ1n) is 13.4. The monoisotopic (exact) mass is 508 g/mol. The van der Waals surface area contributed by atoms with Gasteiger partial charge in [0.05, 0.1) is 0 Å². The number of hydrogen-bond donors (Lipinski definition) is 2. The second-order valence-corrected chi connectivity index (χ2v) is 10.6. The van der Waals surface area contributed by atoms with Crippen LogP contribution in [0.25, 0.3) is 0 Å². The largest absolute Gasteiger partial charge is 0.489 e. The molecule has 1 aromatic heterocycles. The maximum absolute atomic E-state index is 14.7. The molecule has 1 atom stereocenters. The zero-order chi connectivity index (χ0) is 25.4. The van der Waals surface area contributed by atoms with Crippen molar-refractivity contribution in [2.45, 2.75) is 57.4 Å². The molecule has 9 nitrogen and oxygen atoms in total. The third-order valence-corrected chi connectivity index (χ3v) is 8.20. The molecule has 10 heteroatoms. The Morgan fingerprint density at radius 1 is 1.16 bits per heavy atom. The quantitative estimate of drug-likeness (QED) is 0.554. The number of amides is 2. The van der Waals surface area contributed by atoms with Gasteiger partial charge in [-0.1, -0.05) is 12.8 Å². The van der Waals surface area contributed by atoms with Gasteiger partial charge >= 0.3 is 0 Å². The SMILES string of the molecule is O=C1NCC[C@@]12Cc1cnc(Nc3ccc(OCCN4CCCC4)c(F)c3)nc1N(C1CCCC1)C2=O. The highest BCUT2D eigenvalue weighted by atomic mass is 19.1. The van der Waals surface area contributed by atoms with Crippen LogP contribution in [0.1, 0.15) is 50.5 Å². The predicted molar refractivity (Wildman–Crippen MR) is 136 cm³/mol. The van der Waals surface area contributed by atoms with Crippen molar-refractivity contribution in [1.29, 1.82) is 0 Å². The minimum Gasteiger partial charge on any atom is -0.489 e. The van der Waals surface area contributed by atoms with Crippen LogP contribution < -0.4 is 20.3 Å². The van der Waals surface area contributed by atoms with E-state index in [1.165, 1.54) is 18.9 Å². The Kier molecular flexibility index (Phi) is 6.44. The van der Waals surface area contributed by atoms with Crippen molar-refractivity contribution in [1.82, 2.24) is 20.2 Å². The topological polar surface area (TPSA) is 99.7 Å². The van der Waals surface area contributed by atoms with Crippen molar-refractivity contribution in [2.75, 3.05) is 43.0 Å². The molecule has 0 radical (unpaired) electrons. The first kappa shape index (κ1) is 24.1. The first-order chi connectivity index (χ1) is 18.0. The second-order valence-electron chi connectivity index (χ2n) is 10.6.